The number of hydrogen-bond acceptors (Lipinski definition) is 2. The maximum absolute atomic E-state index is 13.3. The van der Waals surface area contributed by atoms with Crippen LogP contribution in [-0.2, 0) is 9.53 Å². The molecular weight excluding hydrogens is 190 g/mol. The Morgan fingerprint density at radius 2 is 1.57 bits per heavy atom. The Balaban J connectivity index is 4.89. The van der Waals surface area contributed by atoms with Crippen LogP contribution in [0.4, 0.5) is 8.78 Å². The Labute approximate surface area is 82.9 Å². The van der Waals surface area contributed by atoms with E-state index in [2.05, 4.69) is 4.74 Å². The van der Waals surface area contributed by atoms with Crippen molar-refractivity contribution >= 4 is 5.78 Å². The van der Waals surface area contributed by atoms with Crippen molar-refractivity contribution in [2.75, 3.05) is 7.11 Å². The van der Waals surface area contributed by atoms with Crippen LogP contribution in [0.1, 0.15) is 27.7 Å². The van der Waals surface area contributed by atoms with Crippen molar-refractivity contribution in [3.8, 4) is 0 Å². The van der Waals surface area contributed by atoms with Gasteiger partial charge in [-0.05, 0) is 27.7 Å². The summed E-state index contributed by atoms with van der Waals surface area (Å²) in [5.74, 6) is -0.978. The first kappa shape index (κ1) is 13.1. The zero-order valence-corrected chi connectivity index (χ0v) is 9.15. The molecule has 0 heterocycles. The molecular formula is C10H16F2O2. The van der Waals surface area contributed by atoms with Gasteiger partial charge in [0.15, 0.2) is 17.1 Å². The van der Waals surface area contributed by atoms with E-state index in [1.807, 2.05) is 0 Å². The fourth-order valence-electron chi connectivity index (χ4n) is 0.764. The molecule has 0 aliphatic rings. The molecule has 0 atom stereocenters. The van der Waals surface area contributed by atoms with Gasteiger partial charge in [0.25, 0.3) is 0 Å². The second-order valence-electron chi connectivity index (χ2n) is 4.02. The molecule has 0 N–H and O–H groups in total. The summed E-state index contributed by atoms with van der Waals surface area (Å²) in [6.07, 6.45) is 0.861. The summed E-state index contributed by atoms with van der Waals surface area (Å²) < 4.78 is 31.1. The van der Waals surface area contributed by atoms with E-state index in [4.69, 9.17) is 0 Å². The van der Waals surface area contributed by atoms with Gasteiger partial charge < -0.3 is 4.74 Å². The van der Waals surface area contributed by atoms with E-state index in [1.165, 1.54) is 21.0 Å². The molecule has 14 heavy (non-hydrogen) atoms. The van der Waals surface area contributed by atoms with Crippen LogP contribution in [0.25, 0.3) is 0 Å². The fourth-order valence-corrected chi connectivity index (χ4v) is 0.764. The Morgan fingerprint density at radius 3 is 1.79 bits per heavy atom. The Morgan fingerprint density at radius 1 is 1.14 bits per heavy atom. The topological polar surface area (TPSA) is 26.3 Å². The van der Waals surface area contributed by atoms with Crippen LogP contribution in [0.15, 0.2) is 11.8 Å². The lowest BCUT2D eigenvalue weighted by atomic mass is 10.0. The van der Waals surface area contributed by atoms with Crippen molar-refractivity contribution in [3.05, 3.63) is 11.8 Å². The predicted octanol–water partition coefficient (Wildman–Crippen LogP) is 2.58. The molecule has 0 aliphatic heterocycles. The van der Waals surface area contributed by atoms with Crippen LogP contribution in [0, 0.1) is 0 Å². The minimum absolute atomic E-state index is 0.173. The quantitative estimate of drug-likeness (QED) is 0.522. The van der Waals surface area contributed by atoms with Crippen LogP contribution in [0.2, 0.25) is 0 Å². The number of alkyl halides is 2. The minimum Gasteiger partial charge on any atom is -0.498 e. The lowest BCUT2D eigenvalue weighted by molar-refractivity contribution is -0.123. The molecule has 82 valence electrons. The third-order valence-corrected chi connectivity index (χ3v) is 1.65. The molecule has 0 aliphatic carbocycles. The highest BCUT2D eigenvalue weighted by Crippen LogP contribution is 2.22. The van der Waals surface area contributed by atoms with Crippen molar-refractivity contribution in [1.29, 1.82) is 0 Å². The van der Waals surface area contributed by atoms with Gasteiger partial charge in [0.05, 0.1) is 7.11 Å². The van der Waals surface area contributed by atoms with Gasteiger partial charge in [-0.15, -0.1) is 0 Å². The molecule has 0 radical (unpaired) electrons. The molecule has 0 fully saturated rings. The van der Waals surface area contributed by atoms with Gasteiger partial charge in [-0.3, -0.25) is 4.79 Å². The van der Waals surface area contributed by atoms with Gasteiger partial charge >= 0.3 is 0 Å². The van der Waals surface area contributed by atoms with E-state index < -0.39 is 17.1 Å². The number of rotatable bonds is 4. The van der Waals surface area contributed by atoms with Crippen LogP contribution >= 0.6 is 0 Å². The van der Waals surface area contributed by atoms with E-state index in [0.717, 1.165) is 19.9 Å². The van der Waals surface area contributed by atoms with Crippen molar-refractivity contribution in [1.82, 2.24) is 0 Å². The molecule has 0 saturated heterocycles. The molecule has 0 aromatic carbocycles. The summed E-state index contributed by atoms with van der Waals surface area (Å²) in [4.78, 5) is 11.2. The number of halogens is 2. The molecule has 0 saturated carbocycles. The zero-order chi connectivity index (χ0) is 11.6. The van der Waals surface area contributed by atoms with Gasteiger partial charge in [0, 0.05) is 6.08 Å². The van der Waals surface area contributed by atoms with Crippen molar-refractivity contribution in [3.63, 3.8) is 0 Å². The number of ether oxygens (including phenoxy) is 1. The SMILES string of the molecule is CO/C(=C\C(=O)C(C)(C)F)C(C)(C)F. The maximum Gasteiger partial charge on any atom is 0.195 e. The molecule has 0 rings (SSSR count). The molecule has 0 unspecified atom stereocenters. The number of ketones is 1. The highest BCUT2D eigenvalue weighted by Gasteiger charge is 2.29. The summed E-state index contributed by atoms with van der Waals surface area (Å²) in [7, 11) is 1.24. The summed E-state index contributed by atoms with van der Waals surface area (Å²) in [5, 5.41) is 0. The first-order chi connectivity index (χ1) is 6.09. The van der Waals surface area contributed by atoms with Crippen LogP contribution in [0.5, 0.6) is 0 Å². The number of carbonyl (C=O) groups excluding carboxylic acids is 1. The maximum atomic E-state index is 13.3. The van der Waals surface area contributed by atoms with E-state index in [9.17, 15) is 13.6 Å². The first-order valence-electron chi connectivity index (χ1n) is 4.27. The molecule has 0 aromatic rings. The highest BCUT2D eigenvalue weighted by atomic mass is 19.1. The number of allylic oxidation sites excluding steroid dienone is 2. The summed E-state index contributed by atoms with van der Waals surface area (Å²) >= 11 is 0. The summed E-state index contributed by atoms with van der Waals surface area (Å²) in [6, 6.07) is 0. The third-order valence-electron chi connectivity index (χ3n) is 1.65. The average molecular weight is 206 g/mol. The number of hydrogen-bond donors (Lipinski definition) is 0. The van der Waals surface area contributed by atoms with Gasteiger partial charge in [-0.25, -0.2) is 8.78 Å². The fraction of sp³-hybridized carbons (Fsp3) is 0.700. The molecule has 4 heteroatoms. The Hall–Kier alpha value is -0.930. The Bertz CT molecular complexity index is 244. The summed E-state index contributed by atoms with van der Waals surface area (Å²) in [6.45, 7) is 4.70. The van der Waals surface area contributed by atoms with Gasteiger partial charge in [0.1, 0.15) is 5.76 Å². The highest BCUT2D eigenvalue weighted by molar-refractivity contribution is 5.96. The molecule has 0 aromatic heterocycles. The standard InChI is InChI=1S/C10H16F2O2/c1-9(2,11)7(13)6-8(14-5)10(3,4)12/h6H,1-5H3/b8-6-. The van der Waals surface area contributed by atoms with Crippen LogP contribution < -0.4 is 0 Å². The second-order valence-corrected chi connectivity index (χ2v) is 4.02. The smallest absolute Gasteiger partial charge is 0.195 e. The van der Waals surface area contributed by atoms with Gasteiger partial charge in [0.2, 0.25) is 0 Å². The van der Waals surface area contributed by atoms with E-state index >= 15 is 0 Å². The van der Waals surface area contributed by atoms with Gasteiger partial charge in [-0.1, -0.05) is 0 Å². The molecule has 2 nitrogen and oxygen atoms in total. The van der Waals surface area contributed by atoms with Crippen LogP contribution in [0.3, 0.4) is 0 Å². The largest absolute Gasteiger partial charge is 0.498 e. The van der Waals surface area contributed by atoms with Gasteiger partial charge in [-0.2, -0.15) is 0 Å². The molecule has 0 spiro atoms. The number of methoxy groups -OCH3 is 1. The first-order valence-corrected chi connectivity index (χ1v) is 4.27. The van der Waals surface area contributed by atoms with E-state index in [-0.39, 0.29) is 5.76 Å². The van der Waals surface area contributed by atoms with Crippen LogP contribution in [-0.4, -0.2) is 24.2 Å². The van der Waals surface area contributed by atoms with Crippen molar-refractivity contribution < 1.29 is 18.3 Å². The molecule has 0 bridgehead atoms. The summed E-state index contributed by atoms with van der Waals surface area (Å²) in [5.41, 5.74) is -3.79. The van der Waals surface area contributed by atoms with E-state index in [0.29, 0.717) is 0 Å². The monoisotopic (exact) mass is 206 g/mol. The normalized spacial score (nSPS) is 14.1. The Kier molecular flexibility index (Phi) is 3.80. The predicted molar refractivity (Wildman–Crippen MR) is 50.5 cm³/mol. The van der Waals surface area contributed by atoms with E-state index in [1.54, 1.807) is 0 Å². The lowest BCUT2D eigenvalue weighted by Gasteiger charge is -2.18. The third kappa shape index (κ3) is 3.85. The van der Waals surface area contributed by atoms with Crippen molar-refractivity contribution in [2.24, 2.45) is 0 Å². The molecule has 0 amide bonds. The average Bonchev–Trinajstić information content (AvgIpc) is 1.95. The second kappa shape index (κ2) is 4.07. The number of carbonyl (C=O) groups is 1. The minimum atomic E-state index is -2.00. The van der Waals surface area contributed by atoms with Crippen molar-refractivity contribution in [2.45, 2.75) is 39.0 Å². The zero-order valence-electron chi connectivity index (χ0n) is 9.15. The lowest BCUT2D eigenvalue weighted by Crippen LogP contribution is -2.27.